The van der Waals surface area contributed by atoms with Crippen molar-refractivity contribution in [1.29, 1.82) is 0 Å². The second-order valence-electron chi connectivity index (χ2n) is 6.60. The van der Waals surface area contributed by atoms with Gasteiger partial charge >= 0.3 is 17.8 Å². The van der Waals surface area contributed by atoms with Gasteiger partial charge in [0.15, 0.2) is 0 Å². The topological polar surface area (TPSA) is 84.5 Å². The van der Waals surface area contributed by atoms with E-state index >= 15 is 0 Å². The molecular weight excluding hydrogens is 368 g/mol. The normalized spacial score (nSPS) is 10.3. The summed E-state index contributed by atoms with van der Waals surface area (Å²) in [5.41, 5.74) is 3.06. The standard InChI is InChI=1S/C23H28N2O4/c1-4-7-15-29-23(28)18-13-8-9-14-19(18)24-21(26)22(27)25-20-16(5-2)11-10-12-17(20)6-3/h8-14H,4-7,15H2,1-3H3,(H,24,26)(H,25,27). The molecule has 0 heterocycles. The quantitative estimate of drug-likeness (QED) is 0.395. The number of anilines is 2. The van der Waals surface area contributed by atoms with Crippen LogP contribution in [-0.4, -0.2) is 24.4 Å². The van der Waals surface area contributed by atoms with Crippen molar-refractivity contribution in [2.24, 2.45) is 0 Å². The SMILES string of the molecule is CCCCOC(=O)c1ccccc1NC(=O)C(=O)Nc1c(CC)cccc1CC. The van der Waals surface area contributed by atoms with Gasteiger partial charge in [0.25, 0.3) is 0 Å². The lowest BCUT2D eigenvalue weighted by atomic mass is 10.0. The van der Waals surface area contributed by atoms with Gasteiger partial charge in [-0.25, -0.2) is 4.79 Å². The van der Waals surface area contributed by atoms with Gasteiger partial charge in [-0.15, -0.1) is 0 Å². The number of para-hydroxylation sites is 2. The second kappa shape index (κ2) is 11.0. The molecule has 2 rings (SSSR count). The first-order chi connectivity index (χ1) is 14.0. The molecule has 0 atom stereocenters. The van der Waals surface area contributed by atoms with Crippen LogP contribution in [0.5, 0.6) is 0 Å². The van der Waals surface area contributed by atoms with Crippen LogP contribution >= 0.6 is 0 Å². The lowest BCUT2D eigenvalue weighted by Crippen LogP contribution is -2.30. The molecule has 0 aliphatic rings. The molecule has 0 bridgehead atoms. The van der Waals surface area contributed by atoms with Gasteiger partial charge in [-0.2, -0.15) is 0 Å². The third-order valence-corrected chi connectivity index (χ3v) is 4.57. The first kappa shape index (κ1) is 22.1. The van der Waals surface area contributed by atoms with Crippen LogP contribution in [0.4, 0.5) is 11.4 Å². The van der Waals surface area contributed by atoms with Gasteiger partial charge in [0.05, 0.1) is 17.9 Å². The molecule has 2 aromatic carbocycles. The van der Waals surface area contributed by atoms with Crippen molar-refractivity contribution in [1.82, 2.24) is 0 Å². The minimum absolute atomic E-state index is 0.216. The highest BCUT2D eigenvalue weighted by molar-refractivity contribution is 6.44. The molecule has 0 fully saturated rings. The van der Waals surface area contributed by atoms with Crippen LogP contribution in [0, 0.1) is 0 Å². The number of amides is 2. The van der Waals surface area contributed by atoms with E-state index in [9.17, 15) is 14.4 Å². The molecule has 2 amide bonds. The van der Waals surface area contributed by atoms with E-state index in [1.54, 1.807) is 24.3 Å². The highest BCUT2D eigenvalue weighted by atomic mass is 16.5. The molecule has 6 nitrogen and oxygen atoms in total. The Kier molecular flexibility index (Phi) is 8.40. The number of rotatable bonds is 8. The molecule has 0 aliphatic heterocycles. The number of aryl methyl sites for hydroxylation is 2. The van der Waals surface area contributed by atoms with Crippen molar-refractivity contribution < 1.29 is 19.1 Å². The van der Waals surface area contributed by atoms with E-state index in [-0.39, 0.29) is 11.3 Å². The Labute approximate surface area is 171 Å². The fourth-order valence-corrected chi connectivity index (χ4v) is 2.91. The predicted molar refractivity (Wildman–Crippen MR) is 114 cm³/mol. The maximum Gasteiger partial charge on any atom is 0.340 e. The van der Waals surface area contributed by atoms with E-state index < -0.39 is 17.8 Å². The summed E-state index contributed by atoms with van der Waals surface area (Å²) in [6.07, 6.45) is 3.14. The first-order valence-electron chi connectivity index (χ1n) is 10.0. The average molecular weight is 396 g/mol. The minimum Gasteiger partial charge on any atom is -0.462 e. The molecule has 0 saturated carbocycles. The molecule has 0 radical (unpaired) electrons. The summed E-state index contributed by atoms with van der Waals surface area (Å²) in [7, 11) is 0. The van der Waals surface area contributed by atoms with E-state index in [2.05, 4.69) is 10.6 Å². The van der Waals surface area contributed by atoms with E-state index in [1.807, 2.05) is 39.0 Å². The van der Waals surface area contributed by atoms with Crippen molar-refractivity contribution in [2.75, 3.05) is 17.2 Å². The number of esters is 1. The first-order valence-corrected chi connectivity index (χ1v) is 10.0. The Morgan fingerprint density at radius 1 is 0.828 bits per heavy atom. The summed E-state index contributed by atoms with van der Waals surface area (Å²) in [5.74, 6) is -2.15. The number of carbonyl (C=O) groups excluding carboxylic acids is 3. The van der Waals surface area contributed by atoms with Crippen molar-refractivity contribution in [3.05, 3.63) is 59.2 Å². The smallest absolute Gasteiger partial charge is 0.340 e. The average Bonchev–Trinajstić information content (AvgIpc) is 2.74. The van der Waals surface area contributed by atoms with Crippen molar-refractivity contribution in [2.45, 2.75) is 46.5 Å². The van der Waals surface area contributed by atoms with Gasteiger partial charge < -0.3 is 15.4 Å². The second-order valence-corrected chi connectivity index (χ2v) is 6.60. The zero-order valence-corrected chi connectivity index (χ0v) is 17.2. The fraction of sp³-hybridized carbons (Fsp3) is 0.348. The molecule has 0 unspecified atom stereocenters. The number of ether oxygens (including phenoxy) is 1. The van der Waals surface area contributed by atoms with Crippen LogP contribution in [-0.2, 0) is 27.2 Å². The van der Waals surface area contributed by atoms with E-state index in [4.69, 9.17) is 4.74 Å². The van der Waals surface area contributed by atoms with Crippen LogP contribution in [0.25, 0.3) is 0 Å². The van der Waals surface area contributed by atoms with Crippen molar-refractivity contribution in [3.63, 3.8) is 0 Å². The highest BCUT2D eigenvalue weighted by Crippen LogP contribution is 2.23. The highest BCUT2D eigenvalue weighted by Gasteiger charge is 2.20. The van der Waals surface area contributed by atoms with E-state index in [0.717, 1.165) is 36.8 Å². The maximum absolute atomic E-state index is 12.5. The molecule has 0 spiro atoms. The number of nitrogens with one attached hydrogen (secondary N) is 2. The Bertz CT molecular complexity index is 855. The van der Waals surface area contributed by atoms with Gasteiger partial charge in [0.1, 0.15) is 0 Å². The minimum atomic E-state index is -0.841. The van der Waals surface area contributed by atoms with Gasteiger partial charge in [0.2, 0.25) is 0 Å². The number of carbonyl (C=O) groups is 3. The van der Waals surface area contributed by atoms with E-state index in [1.165, 1.54) is 0 Å². The lowest BCUT2D eigenvalue weighted by Gasteiger charge is -2.15. The van der Waals surface area contributed by atoms with Gasteiger partial charge in [-0.05, 0) is 42.5 Å². The molecule has 2 aromatic rings. The molecule has 6 heteroatoms. The summed E-state index contributed by atoms with van der Waals surface area (Å²) < 4.78 is 5.22. The predicted octanol–water partition coefficient (Wildman–Crippen LogP) is 4.35. The number of benzene rings is 2. The summed E-state index contributed by atoms with van der Waals surface area (Å²) in [5, 5.41) is 5.25. The van der Waals surface area contributed by atoms with E-state index in [0.29, 0.717) is 12.3 Å². The Balaban J connectivity index is 2.13. The number of hydrogen-bond donors (Lipinski definition) is 2. The van der Waals surface area contributed by atoms with Crippen LogP contribution < -0.4 is 10.6 Å². The Morgan fingerprint density at radius 2 is 1.45 bits per heavy atom. The monoisotopic (exact) mass is 396 g/mol. The molecule has 154 valence electrons. The summed E-state index contributed by atoms with van der Waals surface area (Å²) in [6, 6.07) is 12.3. The van der Waals surface area contributed by atoms with Crippen LogP contribution in [0.2, 0.25) is 0 Å². The van der Waals surface area contributed by atoms with Crippen LogP contribution in [0.1, 0.15) is 55.1 Å². The van der Waals surface area contributed by atoms with Crippen molar-refractivity contribution >= 4 is 29.2 Å². The molecule has 29 heavy (non-hydrogen) atoms. The molecule has 0 aliphatic carbocycles. The number of hydrogen-bond acceptors (Lipinski definition) is 4. The zero-order valence-electron chi connectivity index (χ0n) is 17.2. The Morgan fingerprint density at radius 3 is 2.07 bits per heavy atom. The van der Waals surface area contributed by atoms with Gasteiger partial charge in [-0.1, -0.05) is 57.5 Å². The molecule has 2 N–H and O–H groups in total. The molecule has 0 aromatic heterocycles. The third kappa shape index (κ3) is 5.91. The van der Waals surface area contributed by atoms with Crippen LogP contribution in [0.15, 0.2) is 42.5 Å². The largest absolute Gasteiger partial charge is 0.462 e. The summed E-state index contributed by atoms with van der Waals surface area (Å²) >= 11 is 0. The van der Waals surface area contributed by atoms with Gasteiger partial charge in [-0.3, -0.25) is 9.59 Å². The zero-order chi connectivity index (χ0) is 21.2. The Hall–Kier alpha value is -3.15. The fourth-order valence-electron chi connectivity index (χ4n) is 2.91. The molecular formula is C23H28N2O4. The number of unbranched alkanes of at least 4 members (excludes halogenated alkanes) is 1. The van der Waals surface area contributed by atoms with Crippen molar-refractivity contribution in [3.8, 4) is 0 Å². The van der Waals surface area contributed by atoms with Gasteiger partial charge in [0, 0.05) is 5.69 Å². The third-order valence-electron chi connectivity index (χ3n) is 4.57. The van der Waals surface area contributed by atoms with Crippen LogP contribution in [0.3, 0.4) is 0 Å². The summed E-state index contributed by atoms with van der Waals surface area (Å²) in [6.45, 7) is 6.29. The molecule has 0 saturated heterocycles. The maximum atomic E-state index is 12.5. The summed E-state index contributed by atoms with van der Waals surface area (Å²) in [4.78, 5) is 37.3. The lowest BCUT2D eigenvalue weighted by molar-refractivity contribution is -0.133.